The first-order valence-corrected chi connectivity index (χ1v) is 7.43. The number of nitrogens with zero attached hydrogens (tertiary/aromatic N) is 1. The number of nitrogens with one attached hydrogen (secondary N) is 1. The second kappa shape index (κ2) is 5.84. The average molecular weight is 362 g/mol. The van der Waals surface area contributed by atoms with Crippen LogP contribution in [0.4, 0.5) is 0 Å². The van der Waals surface area contributed by atoms with Gasteiger partial charge in [-0.25, -0.2) is 4.98 Å². The van der Waals surface area contributed by atoms with Crippen LogP contribution in [0, 0.1) is 0 Å². The summed E-state index contributed by atoms with van der Waals surface area (Å²) in [6.07, 6.45) is 0. The van der Waals surface area contributed by atoms with Gasteiger partial charge in [-0.3, -0.25) is 4.79 Å². The van der Waals surface area contributed by atoms with E-state index in [0.29, 0.717) is 16.5 Å². The lowest BCUT2D eigenvalue weighted by molar-refractivity contribution is 1.13. The zero-order chi connectivity index (χ0) is 14.8. The summed E-state index contributed by atoms with van der Waals surface area (Å²) in [6, 6.07) is 16.4. The van der Waals surface area contributed by atoms with Crippen LogP contribution >= 0.6 is 27.5 Å². The molecule has 21 heavy (non-hydrogen) atoms. The quantitative estimate of drug-likeness (QED) is 0.729. The van der Waals surface area contributed by atoms with E-state index in [1.165, 1.54) is 6.07 Å². The Morgan fingerprint density at radius 2 is 1.81 bits per heavy atom. The molecule has 0 radical (unpaired) electrons. The smallest absolute Gasteiger partial charge is 0.251 e. The molecule has 0 fully saturated rings. The SMILES string of the molecule is O=c1cc(-c2ccccc2)nc(-c2cc(Cl)ccc2Br)[nH]1. The maximum Gasteiger partial charge on any atom is 0.251 e. The van der Waals surface area contributed by atoms with Gasteiger partial charge in [-0.2, -0.15) is 0 Å². The van der Waals surface area contributed by atoms with E-state index in [1.807, 2.05) is 36.4 Å². The third-order valence-corrected chi connectivity index (χ3v) is 3.92. The predicted molar refractivity (Wildman–Crippen MR) is 88.4 cm³/mol. The fourth-order valence-electron chi connectivity index (χ4n) is 2.02. The normalized spacial score (nSPS) is 10.6. The topological polar surface area (TPSA) is 45.8 Å². The Hall–Kier alpha value is -1.91. The lowest BCUT2D eigenvalue weighted by atomic mass is 10.1. The monoisotopic (exact) mass is 360 g/mol. The van der Waals surface area contributed by atoms with E-state index in [9.17, 15) is 4.79 Å². The molecule has 2 aromatic carbocycles. The molecule has 0 spiro atoms. The molecule has 0 atom stereocenters. The molecule has 0 amide bonds. The Bertz CT molecular complexity index is 846. The Labute approximate surface area is 134 Å². The summed E-state index contributed by atoms with van der Waals surface area (Å²) in [5, 5.41) is 0.584. The van der Waals surface area contributed by atoms with Crippen molar-refractivity contribution in [2.75, 3.05) is 0 Å². The van der Waals surface area contributed by atoms with Gasteiger partial charge in [0.05, 0.1) is 5.69 Å². The third kappa shape index (κ3) is 3.06. The van der Waals surface area contributed by atoms with Crippen molar-refractivity contribution in [2.45, 2.75) is 0 Å². The van der Waals surface area contributed by atoms with Gasteiger partial charge in [0.1, 0.15) is 5.82 Å². The maximum absolute atomic E-state index is 11.9. The molecule has 0 unspecified atom stereocenters. The van der Waals surface area contributed by atoms with Crippen molar-refractivity contribution in [2.24, 2.45) is 0 Å². The summed E-state index contributed by atoms with van der Waals surface area (Å²) < 4.78 is 0.820. The average Bonchev–Trinajstić information content (AvgIpc) is 2.50. The minimum Gasteiger partial charge on any atom is -0.306 e. The van der Waals surface area contributed by atoms with Crippen molar-refractivity contribution in [1.82, 2.24) is 9.97 Å². The van der Waals surface area contributed by atoms with Crippen LogP contribution in [0.25, 0.3) is 22.6 Å². The highest BCUT2D eigenvalue weighted by Gasteiger charge is 2.09. The van der Waals surface area contributed by atoms with Crippen molar-refractivity contribution >= 4 is 27.5 Å². The van der Waals surface area contributed by atoms with Crippen LogP contribution in [0.3, 0.4) is 0 Å². The molecule has 0 aliphatic heterocycles. The lowest BCUT2D eigenvalue weighted by Crippen LogP contribution is -2.08. The summed E-state index contributed by atoms with van der Waals surface area (Å²) in [5.41, 5.74) is 2.06. The first-order chi connectivity index (χ1) is 10.1. The number of hydrogen-bond acceptors (Lipinski definition) is 2. The molecule has 5 heteroatoms. The third-order valence-electron chi connectivity index (χ3n) is 2.99. The zero-order valence-corrected chi connectivity index (χ0v) is 13.1. The minimum absolute atomic E-state index is 0.203. The summed E-state index contributed by atoms with van der Waals surface area (Å²) in [5.74, 6) is 0.482. The summed E-state index contributed by atoms with van der Waals surface area (Å²) in [6.45, 7) is 0. The van der Waals surface area contributed by atoms with Crippen molar-refractivity contribution in [3.63, 3.8) is 0 Å². The summed E-state index contributed by atoms with van der Waals surface area (Å²) >= 11 is 9.47. The fourth-order valence-corrected chi connectivity index (χ4v) is 2.63. The number of halogens is 2. The van der Waals surface area contributed by atoms with Gasteiger partial charge in [0.15, 0.2) is 0 Å². The van der Waals surface area contributed by atoms with E-state index in [0.717, 1.165) is 15.6 Å². The van der Waals surface area contributed by atoms with Gasteiger partial charge in [0, 0.05) is 26.7 Å². The highest BCUT2D eigenvalue weighted by molar-refractivity contribution is 9.10. The Morgan fingerprint density at radius 3 is 2.57 bits per heavy atom. The van der Waals surface area contributed by atoms with E-state index in [-0.39, 0.29) is 5.56 Å². The molecule has 1 aromatic heterocycles. The molecular weight excluding hydrogens is 352 g/mol. The van der Waals surface area contributed by atoms with Crippen LogP contribution in [-0.4, -0.2) is 9.97 Å². The van der Waals surface area contributed by atoms with Crippen molar-refractivity contribution in [3.05, 3.63) is 74.4 Å². The van der Waals surface area contributed by atoms with Crippen molar-refractivity contribution in [3.8, 4) is 22.6 Å². The van der Waals surface area contributed by atoms with Crippen LogP contribution in [0.2, 0.25) is 5.02 Å². The van der Waals surface area contributed by atoms with Gasteiger partial charge >= 0.3 is 0 Å². The summed E-state index contributed by atoms with van der Waals surface area (Å²) in [4.78, 5) is 19.2. The highest BCUT2D eigenvalue weighted by Crippen LogP contribution is 2.29. The van der Waals surface area contributed by atoms with Gasteiger partial charge in [0.25, 0.3) is 5.56 Å². The fraction of sp³-hybridized carbons (Fsp3) is 0. The second-order valence-electron chi connectivity index (χ2n) is 4.47. The number of aromatic nitrogens is 2. The summed E-state index contributed by atoms with van der Waals surface area (Å²) in [7, 11) is 0. The van der Waals surface area contributed by atoms with Crippen molar-refractivity contribution < 1.29 is 0 Å². The molecule has 3 rings (SSSR count). The highest BCUT2D eigenvalue weighted by atomic mass is 79.9. The van der Waals surface area contributed by atoms with E-state index >= 15 is 0 Å². The second-order valence-corrected chi connectivity index (χ2v) is 5.76. The largest absolute Gasteiger partial charge is 0.306 e. The molecule has 3 nitrogen and oxygen atoms in total. The number of aromatic amines is 1. The molecule has 1 heterocycles. The number of H-pyrrole nitrogens is 1. The van der Waals surface area contributed by atoms with Crippen LogP contribution in [0.15, 0.2) is 63.9 Å². The molecule has 1 N–H and O–H groups in total. The molecule has 104 valence electrons. The molecule has 0 bridgehead atoms. The Kier molecular flexibility index (Phi) is 3.90. The first-order valence-electron chi connectivity index (χ1n) is 6.26. The van der Waals surface area contributed by atoms with Gasteiger partial charge < -0.3 is 4.98 Å². The molecule has 0 saturated carbocycles. The van der Waals surface area contributed by atoms with Gasteiger partial charge in [-0.15, -0.1) is 0 Å². The number of benzene rings is 2. The van der Waals surface area contributed by atoms with Crippen LogP contribution in [0.1, 0.15) is 0 Å². The van der Waals surface area contributed by atoms with Gasteiger partial charge in [0.2, 0.25) is 0 Å². The Balaban J connectivity index is 2.19. The van der Waals surface area contributed by atoms with Gasteiger partial charge in [-0.05, 0) is 18.2 Å². The van der Waals surface area contributed by atoms with Gasteiger partial charge in [-0.1, -0.05) is 57.9 Å². The standard InChI is InChI=1S/C16H10BrClN2O/c17-13-7-6-11(18)8-12(13)16-19-14(9-15(21)20-16)10-4-2-1-3-5-10/h1-9H,(H,19,20,21). The predicted octanol–water partition coefficient (Wildman–Crippen LogP) is 4.52. The minimum atomic E-state index is -0.203. The molecule has 0 aliphatic rings. The van der Waals surface area contributed by atoms with Crippen LogP contribution in [-0.2, 0) is 0 Å². The van der Waals surface area contributed by atoms with Crippen LogP contribution in [0.5, 0.6) is 0 Å². The van der Waals surface area contributed by atoms with E-state index < -0.39 is 0 Å². The van der Waals surface area contributed by atoms with Crippen LogP contribution < -0.4 is 5.56 Å². The van der Waals surface area contributed by atoms with E-state index in [4.69, 9.17) is 11.6 Å². The molecule has 0 aliphatic carbocycles. The van der Waals surface area contributed by atoms with E-state index in [1.54, 1.807) is 12.1 Å². The van der Waals surface area contributed by atoms with Crippen molar-refractivity contribution in [1.29, 1.82) is 0 Å². The van der Waals surface area contributed by atoms with E-state index in [2.05, 4.69) is 25.9 Å². The molecular formula is C16H10BrClN2O. The Morgan fingerprint density at radius 1 is 1.05 bits per heavy atom. The lowest BCUT2D eigenvalue weighted by Gasteiger charge is -2.07. The first kappa shape index (κ1) is 14.0. The molecule has 0 saturated heterocycles. The zero-order valence-electron chi connectivity index (χ0n) is 10.8. The maximum atomic E-state index is 11.9. The molecule has 3 aromatic rings. The number of hydrogen-bond donors (Lipinski definition) is 1. The number of rotatable bonds is 2.